The number of benzene rings is 1. The summed E-state index contributed by atoms with van der Waals surface area (Å²) in [5.74, 6) is 0.0480. The minimum absolute atomic E-state index is 0.0480. The summed E-state index contributed by atoms with van der Waals surface area (Å²) in [5.41, 5.74) is 2.47. The first-order chi connectivity index (χ1) is 15.5. The van der Waals surface area contributed by atoms with E-state index in [1.165, 1.54) is 14.7 Å². The van der Waals surface area contributed by atoms with Crippen molar-refractivity contribution in [3.63, 3.8) is 0 Å². The molecule has 0 bridgehead atoms. The van der Waals surface area contributed by atoms with E-state index in [1.807, 2.05) is 30.4 Å². The fourth-order valence-corrected chi connectivity index (χ4v) is 4.89. The zero-order valence-electron chi connectivity index (χ0n) is 21.6. The molecule has 0 fully saturated rings. The summed E-state index contributed by atoms with van der Waals surface area (Å²) in [6.07, 6.45) is 9.22. The zero-order valence-corrected chi connectivity index (χ0v) is 24.7. The number of aliphatic hydroxyl groups is 1. The van der Waals surface area contributed by atoms with Gasteiger partial charge in [0.1, 0.15) is 0 Å². The van der Waals surface area contributed by atoms with Crippen molar-refractivity contribution in [2.45, 2.75) is 84.2 Å². The summed E-state index contributed by atoms with van der Waals surface area (Å²) >= 11 is 2.35. The number of hydrogen-bond acceptors (Lipinski definition) is 3. The van der Waals surface area contributed by atoms with E-state index in [4.69, 9.17) is 9.16 Å². The molecule has 1 rings (SSSR count). The highest BCUT2D eigenvalue weighted by atomic mass is 127. The van der Waals surface area contributed by atoms with Gasteiger partial charge in [-0.25, -0.2) is 0 Å². The standard InChI is InChI=1S/C28H45IO3Si/c1-8-25(17-16-23(2)18-20-31-22-24-13-10-9-11-14-24)27(30)21-26(29)15-12-19-32-33(6,7)28(3,4)5/h8-11,13-14,18,21,25,27,30H,1,12,15-17,19-20,22H2,2-7H3/b23-18+,26-21-/t25-,27+/m0/s1. The van der Waals surface area contributed by atoms with Gasteiger partial charge in [0.25, 0.3) is 0 Å². The second-order valence-corrected chi connectivity index (χ2v) is 16.5. The van der Waals surface area contributed by atoms with Gasteiger partial charge in [0, 0.05) is 12.5 Å². The fourth-order valence-electron chi connectivity index (χ4n) is 3.05. The van der Waals surface area contributed by atoms with Crippen LogP contribution in [0.4, 0.5) is 0 Å². The molecule has 1 aromatic rings. The first-order valence-electron chi connectivity index (χ1n) is 12.0. The summed E-state index contributed by atoms with van der Waals surface area (Å²) in [5, 5.41) is 10.9. The molecule has 186 valence electrons. The highest BCUT2D eigenvalue weighted by molar-refractivity contribution is 14.1. The van der Waals surface area contributed by atoms with E-state index in [2.05, 4.69) is 88.2 Å². The number of aliphatic hydroxyl groups excluding tert-OH is 1. The third kappa shape index (κ3) is 12.5. The molecule has 0 aliphatic heterocycles. The maximum absolute atomic E-state index is 10.7. The highest BCUT2D eigenvalue weighted by Crippen LogP contribution is 2.36. The summed E-state index contributed by atoms with van der Waals surface area (Å²) in [7, 11) is -1.68. The lowest BCUT2D eigenvalue weighted by Crippen LogP contribution is -2.40. The van der Waals surface area contributed by atoms with E-state index in [9.17, 15) is 5.11 Å². The minimum Gasteiger partial charge on any atom is -0.417 e. The minimum atomic E-state index is -1.68. The summed E-state index contributed by atoms with van der Waals surface area (Å²) in [6.45, 7) is 19.5. The first-order valence-corrected chi connectivity index (χ1v) is 16.0. The Morgan fingerprint density at radius 2 is 1.85 bits per heavy atom. The van der Waals surface area contributed by atoms with E-state index < -0.39 is 14.4 Å². The van der Waals surface area contributed by atoms with E-state index in [1.54, 1.807) is 0 Å². The van der Waals surface area contributed by atoms with Crippen LogP contribution in [0.25, 0.3) is 0 Å². The summed E-state index contributed by atoms with van der Waals surface area (Å²) in [4.78, 5) is 0. The molecule has 0 aromatic heterocycles. The van der Waals surface area contributed by atoms with E-state index in [0.717, 1.165) is 32.3 Å². The average molecular weight is 585 g/mol. The van der Waals surface area contributed by atoms with Crippen LogP contribution in [0.15, 0.2) is 64.3 Å². The molecule has 0 amide bonds. The SMILES string of the molecule is C=C[C@@H](CC/C(C)=C/COCc1ccccc1)[C@H](O)/C=C(\I)CCCO[Si](C)(C)C(C)(C)C. The molecule has 0 radical (unpaired) electrons. The predicted molar refractivity (Wildman–Crippen MR) is 153 cm³/mol. The normalized spacial score (nSPS) is 15.4. The van der Waals surface area contributed by atoms with Crippen LogP contribution in [0.3, 0.4) is 0 Å². The Labute approximate surface area is 217 Å². The first kappa shape index (κ1) is 30.3. The molecular formula is C28H45IO3Si. The van der Waals surface area contributed by atoms with Gasteiger partial charge in [-0.1, -0.05) is 68.8 Å². The number of allylic oxidation sites excluding steroid dienone is 2. The monoisotopic (exact) mass is 584 g/mol. The molecular weight excluding hydrogens is 539 g/mol. The van der Waals surface area contributed by atoms with Gasteiger partial charge < -0.3 is 14.3 Å². The maximum atomic E-state index is 10.7. The smallest absolute Gasteiger partial charge is 0.191 e. The van der Waals surface area contributed by atoms with Gasteiger partial charge in [-0.3, -0.25) is 0 Å². The molecule has 5 heteroatoms. The number of halogens is 1. The highest BCUT2D eigenvalue weighted by Gasteiger charge is 2.36. The Morgan fingerprint density at radius 3 is 2.45 bits per heavy atom. The third-order valence-electron chi connectivity index (χ3n) is 6.46. The Bertz CT molecular complexity index is 750. The summed E-state index contributed by atoms with van der Waals surface area (Å²) < 4.78 is 13.2. The Hall–Kier alpha value is -0.733. The number of ether oxygens (including phenoxy) is 1. The molecule has 0 heterocycles. The number of rotatable bonds is 15. The quantitative estimate of drug-likeness (QED) is 0.0978. The van der Waals surface area contributed by atoms with E-state index >= 15 is 0 Å². The van der Waals surface area contributed by atoms with Crippen molar-refractivity contribution in [3.8, 4) is 0 Å². The lowest BCUT2D eigenvalue weighted by Gasteiger charge is -2.36. The second kappa shape index (κ2) is 15.3. The van der Waals surface area contributed by atoms with Gasteiger partial charge in [-0.15, -0.1) is 6.58 Å². The topological polar surface area (TPSA) is 38.7 Å². The fraction of sp³-hybridized carbons (Fsp3) is 0.571. The van der Waals surface area contributed by atoms with Crippen molar-refractivity contribution >= 4 is 30.9 Å². The molecule has 0 unspecified atom stereocenters. The van der Waals surface area contributed by atoms with Crippen molar-refractivity contribution in [2.75, 3.05) is 13.2 Å². The second-order valence-electron chi connectivity index (χ2n) is 10.3. The Balaban J connectivity index is 2.37. The lowest BCUT2D eigenvalue weighted by molar-refractivity contribution is 0.148. The molecule has 2 atom stereocenters. The molecule has 1 aromatic carbocycles. The van der Waals surface area contributed by atoms with E-state index in [0.29, 0.717) is 13.2 Å². The third-order valence-corrected chi connectivity index (χ3v) is 11.9. The average Bonchev–Trinajstić information content (AvgIpc) is 2.74. The molecule has 0 aliphatic carbocycles. The Morgan fingerprint density at radius 1 is 1.18 bits per heavy atom. The summed E-state index contributed by atoms with van der Waals surface area (Å²) in [6, 6.07) is 10.2. The van der Waals surface area contributed by atoms with Crippen molar-refractivity contribution in [1.82, 2.24) is 0 Å². The Kier molecular flexibility index (Phi) is 14.0. The van der Waals surface area contributed by atoms with Crippen LogP contribution in [0.5, 0.6) is 0 Å². The van der Waals surface area contributed by atoms with Crippen molar-refractivity contribution in [3.05, 3.63) is 69.9 Å². The van der Waals surface area contributed by atoms with Gasteiger partial charge in [-0.05, 0) is 88.5 Å². The van der Waals surface area contributed by atoms with Crippen LogP contribution in [0.2, 0.25) is 18.1 Å². The van der Waals surface area contributed by atoms with Crippen LogP contribution in [-0.2, 0) is 15.8 Å². The van der Waals surface area contributed by atoms with E-state index in [-0.39, 0.29) is 11.0 Å². The van der Waals surface area contributed by atoms with Crippen molar-refractivity contribution < 1.29 is 14.3 Å². The van der Waals surface area contributed by atoms with Crippen molar-refractivity contribution in [2.24, 2.45) is 5.92 Å². The van der Waals surface area contributed by atoms with Crippen LogP contribution in [0.1, 0.15) is 58.9 Å². The maximum Gasteiger partial charge on any atom is 0.191 e. The van der Waals surface area contributed by atoms with Crippen LogP contribution >= 0.6 is 22.6 Å². The van der Waals surface area contributed by atoms with Crippen LogP contribution < -0.4 is 0 Å². The molecule has 1 N–H and O–H groups in total. The molecule has 0 saturated heterocycles. The largest absolute Gasteiger partial charge is 0.417 e. The van der Waals surface area contributed by atoms with Gasteiger partial charge in [0.15, 0.2) is 8.32 Å². The zero-order chi connectivity index (χ0) is 24.9. The van der Waals surface area contributed by atoms with Crippen LogP contribution in [-0.4, -0.2) is 32.7 Å². The van der Waals surface area contributed by atoms with Crippen molar-refractivity contribution in [1.29, 1.82) is 0 Å². The van der Waals surface area contributed by atoms with Gasteiger partial charge >= 0.3 is 0 Å². The number of hydrogen-bond donors (Lipinski definition) is 1. The molecule has 0 saturated carbocycles. The van der Waals surface area contributed by atoms with Gasteiger partial charge in [0.05, 0.1) is 19.3 Å². The lowest BCUT2D eigenvalue weighted by atomic mass is 9.94. The molecule has 3 nitrogen and oxygen atoms in total. The molecule has 0 spiro atoms. The van der Waals surface area contributed by atoms with Crippen LogP contribution in [0, 0.1) is 5.92 Å². The van der Waals surface area contributed by atoms with Gasteiger partial charge in [-0.2, -0.15) is 0 Å². The predicted octanol–water partition coefficient (Wildman–Crippen LogP) is 8.21. The molecule has 0 aliphatic rings. The molecule has 33 heavy (non-hydrogen) atoms. The van der Waals surface area contributed by atoms with Gasteiger partial charge in [0.2, 0.25) is 0 Å².